The first kappa shape index (κ1) is 25.4. The number of nitrogens with zero attached hydrogens (tertiary/aromatic N) is 3. The van der Waals surface area contributed by atoms with Gasteiger partial charge < -0.3 is 15.3 Å². The molecule has 0 spiro atoms. The van der Waals surface area contributed by atoms with Crippen LogP contribution in [0.4, 0.5) is 5.95 Å². The third kappa shape index (κ3) is 6.84. The van der Waals surface area contributed by atoms with E-state index in [9.17, 15) is 23.4 Å². The van der Waals surface area contributed by atoms with Crippen LogP contribution in [0.1, 0.15) is 43.9 Å². The van der Waals surface area contributed by atoms with E-state index < -0.39 is 34.6 Å². The standard InChI is InChI=1S/C22H29N3O6S/c1-14(2)20-18(11-10-16(26)12-17(27)13-19(28)29)21(15-8-6-5-7-9-15)24-22(23-20)25(3)32(4,30)31/h5-11,14,16-17,26-27H,12-13H2,1-4H3,(H,28,29)/b11-10+. The van der Waals surface area contributed by atoms with Gasteiger partial charge in [-0.25, -0.2) is 22.7 Å². The number of aliphatic carboxylic acids is 1. The molecule has 0 aliphatic heterocycles. The number of aromatic nitrogens is 2. The van der Waals surface area contributed by atoms with E-state index in [1.54, 1.807) is 6.08 Å². The Kier molecular flexibility index (Phi) is 8.48. The van der Waals surface area contributed by atoms with Crippen LogP contribution in [0.25, 0.3) is 17.3 Å². The van der Waals surface area contributed by atoms with E-state index in [0.717, 1.165) is 16.1 Å². The number of carboxylic acid groups (broad SMARTS) is 1. The zero-order valence-electron chi connectivity index (χ0n) is 18.5. The van der Waals surface area contributed by atoms with Crippen LogP contribution in [0.3, 0.4) is 0 Å². The molecule has 0 radical (unpaired) electrons. The summed E-state index contributed by atoms with van der Waals surface area (Å²) in [5, 5.41) is 28.8. The summed E-state index contributed by atoms with van der Waals surface area (Å²) in [6, 6.07) is 9.18. The number of carboxylic acids is 1. The molecular formula is C22H29N3O6S. The highest BCUT2D eigenvalue weighted by Gasteiger charge is 2.22. The highest BCUT2D eigenvalue weighted by Crippen LogP contribution is 2.31. The predicted molar refractivity (Wildman–Crippen MR) is 123 cm³/mol. The highest BCUT2D eigenvalue weighted by molar-refractivity contribution is 7.92. The van der Waals surface area contributed by atoms with Crippen LogP contribution in [0, 0.1) is 0 Å². The Bertz CT molecular complexity index is 1070. The number of anilines is 1. The Balaban J connectivity index is 2.58. The summed E-state index contributed by atoms with van der Waals surface area (Å²) < 4.78 is 25.2. The summed E-state index contributed by atoms with van der Waals surface area (Å²) in [6.45, 7) is 3.82. The van der Waals surface area contributed by atoms with Crippen molar-refractivity contribution >= 4 is 28.0 Å². The summed E-state index contributed by atoms with van der Waals surface area (Å²) in [6.07, 6.45) is 1.25. The molecule has 0 fully saturated rings. The van der Waals surface area contributed by atoms with Gasteiger partial charge in [-0.05, 0) is 5.92 Å². The molecule has 2 rings (SSSR count). The molecule has 0 saturated carbocycles. The van der Waals surface area contributed by atoms with Crippen molar-refractivity contribution in [3.63, 3.8) is 0 Å². The van der Waals surface area contributed by atoms with Crippen molar-refractivity contribution in [2.24, 2.45) is 0 Å². The van der Waals surface area contributed by atoms with Gasteiger partial charge >= 0.3 is 5.97 Å². The van der Waals surface area contributed by atoms with Crippen molar-refractivity contribution < 1.29 is 28.5 Å². The van der Waals surface area contributed by atoms with Crippen molar-refractivity contribution in [2.75, 3.05) is 17.6 Å². The van der Waals surface area contributed by atoms with Crippen molar-refractivity contribution in [1.82, 2.24) is 9.97 Å². The van der Waals surface area contributed by atoms with Gasteiger partial charge in [-0.3, -0.25) is 4.79 Å². The van der Waals surface area contributed by atoms with Crippen LogP contribution in [-0.4, -0.2) is 65.2 Å². The third-order valence-corrected chi connectivity index (χ3v) is 5.90. The number of aliphatic hydroxyl groups excluding tert-OH is 2. The zero-order valence-corrected chi connectivity index (χ0v) is 19.3. The first-order valence-corrected chi connectivity index (χ1v) is 11.9. The zero-order chi connectivity index (χ0) is 24.1. The summed E-state index contributed by atoms with van der Waals surface area (Å²) in [7, 11) is -2.20. The minimum Gasteiger partial charge on any atom is -0.481 e. The van der Waals surface area contributed by atoms with E-state index in [1.165, 1.54) is 13.1 Å². The number of hydrogen-bond acceptors (Lipinski definition) is 7. The van der Waals surface area contributed by atoms with E-state index in [1.807, 2.05) is 44.2 Å². The largest absolute Gasteiger partial charge is 0.481 e. The lowest BCUT2D eigenvalue weighted by molar-refractivity contribution is -0.139. The summed E-state index contributed by atoms with van der Waals surface area (Å²) in [5.74, 6) is -1.22. The van der Waals surface area contributed by atoms with Crippen LogP contribution < -0.4 is 4.31 Å². The molecule has 0 amide bonds. The Hall–Kier alpha value is -2.82. The van der Waals surface area contributed by atoms with Gasteiger partial charge in [-0.2, -0.15) is 0 Å². The number of carbonyl (C=O) groups is 1. The molecule has 2 aromatic rings. The van der Waals surface area contributed by atoms with Crippen LogP contribution in [0.5, 0.6) is 0 Å². The Morgan fingerprint density at radius 3 is 2.31 bits per heavy atom. The summed E-state index contributed by atoms with van der Waals surface area (Å²) in [4.78, 5) is 19.7. The fourth-order valence-corrected chi connectivity index (χ4v) is 3.41. The lowest BCUT2D eigenvalue weighted by atomic mass is 9.97. The second-order valence-electron chi connectivity index (χ2n) is 7.84. The van der Waals surface area contributed by atoms with Crippen LogP contribution in [0.15, 0.2) is 36.4 Å². The molecule has 2 unspecified atom stereocenters. The van der Waals surface area contributed by atoms with Gasteiger partial charge in [0.15, 0.2) is 0 Å². The maximum Gasteiger partial charge on any atom is 0.305 e. The van der Waals surface area contributed by atoms with Gasteiger partial charge in [0.2, 0.25) is 16.0 Å². The Morgan fingerprint density at radius 2 is 1.78 bits per heavy atom. The molecule has 1 heterocycles. The quantitative estimate of drug-likeness (QED) is 0.487. The van der Waals surface area contributed by atoms with Crippen molar-refractivity contribution in [3.8, 4) is 11.3 Å². The Morgan fingerprint density at radius 1 is 1.16 bits per heavy atom. The fraction of sp³-hybridized carbons (Fsp3) is 0.409. The number of benzene rings is 1. The normalized spacial score (nSPS) is 14.0. The van der Waals surface area contributed by atoms with Crippen LogP contribution in [0.2, 0.25) is 0 Å². The molecule has 3 N–H and O–H groups in total. The van der Waals surface area contributed by atoms with Crippen LogP contribution >= 0.6 is 0 Å². The Labute approximate surface area is 188 Å². The number of sulfonamides is 1. The van der Waals surface area contributed by atoms with Gasteiger partial charge in [0, 0.05) is 24.6 Å². The number of rotatable bonds is 10. The second kappa shape index (κ2) is 10.7. The molecule has 10 heteroatoms. The fourth-order valence-electron chi connectivity index (χ4n) is 3.03. The van der Waals surface area contributed by atoms with Crippen LogP contribution in [-0.2, 0) is 14.8 Å². The lowest BCUT2D eigenvalue weighted by Gasteiger charge is -2.20. The van der Waals surface area contributed by atoms with Gasteiger partial charge in [0.05, 0.1) is 36.3 Å². The monoisotopic (exact) mass is 463 g/mol. The van der Waals surface area contributed by atoms with Gasteiger partial charge in [-0.1, -0.05) is 56.3 Å². The molecular weight excluding hydrogens is 434 g/mol. The van der Waals surface area contributed by atoms with E-state index >= 15 is 0 Å². The average molecular weight is 464 g/mol. The molecule has 0 aliphatic carbocycles. The first-order valence-electron chi connectivity index (χ1n) is 10.1. The molecule has 0 aliphatic rings. The molecule has 174 valence electrons. The van der Waals surface area contributed by atoms with Gasteiger partial charge in [-0.15, -0.1) is 0 Å². The average Bonchev–Trinajstić information content (AvgIpc) is 2.70. The van der Waals surface area contributed by atoms with Gasteiger partial charge in [0.1, 0.15) is 0 Å². The molecule has 1 aromatic carbocycles. The summed E-state index contributed by atoms with van der Waals surface area (Å²) >= 11 is 0. The second-order valence-corrected chi connectivity index (χ2v) is 9.85. The van der Waals surface area contributed by atoms with E-state index in [0.29, 0.717) is 17.0 Å². The molecule has 1 aromatic heterocycles. The number of aliphatic hydroxyl groups is 2. The maximum absolute atomic E-state index is 12.1. The van der Waals surface area contributed by atoms with E-state index in [2.05, 4.69) is 9.97 Å². The molecule has 2 atom stereocenters. The van der Waals surface area contributed by atoms with E-state index in [4.69, 9.17) is 5.11 Å². The SMILES string of the molecule is CC(C)c1nc(N(C)S(C)(=O)=O)nc(-c2ccccc2)c1/C=C/C(O)CC(O)CC(=O)O. The smallest absolute Gasteiger partial charge is 0.305 e. The molecule has 0 bridgehead atoms. The van der Waals surface area contributed by atoms with Gasteiger partial charge in [0.25, 0.3) is 0 Å². The molecule has 32 heavy (non-hydrogen) atoms. The minimum atomic E-state index is -3.58. The topological polar surface area (TPSA) is 141 Å². The van der Waals surface area contributed by atoms with Crippen molar-refractivity contribution in [2.45, 2.75) is 44.8 Å². The van der Waals surface area contributed by atoms with E-state index in [-0.39, 0.29) is 18.3 Å². The molecule has 9 nitrogen and oxygen atoms in total. The summed E-state index contributed by atoms with van der Waals surface area (Å²) in [5.41, 5.74) is 2.41. The third-order valence-electron chi connectivity index (χ3n) is 4.75. The number of hydrogen-bond donors (Lipinski definition) is 3. The minimum absolute atomic E-state index is 0.0321. The first-order chi connectivity index (χ1) is 14.9. The van der Waals surface area contributed by atoms with Crippen molar-refractivity contribution in [1.29, 1.82) is 0 Å². The maximum atomic E-state index is 12.1. The predicted octanol–water partition coefficient (Wildman–Crippen LogP) is 2.26. The highest BCUT2D eigenvalue weighted by atomic mass is 32.2. The van der Waals surface area contributed by atoms with Crippen molar-refractivity contribution in [3.05, 3.63) is 47.7 Å². The molecule has 0 saturated heterocycles. The lowest BCUT2D eigenvalue weighted by Crippen LogP contribution is -2.27.